The zero-order valence-electron chi connectivity index (χ0n) is 8.59. The summed E-state index contributed by atoms with van der Waals surface area (Å²) in [5, 5.41) is 8.60. The SMILES string of the molecule is CC(C#N)CN(C)CCCCCCl. The Balaban J connectivity index is 3.30. The summed E-state index contributed by atoms with van der Waals surface area (Å²) in [6.07, 6.45) is 3.47. The Bertz CT molecular complexity index is 153. The number of rotatable bonds is 7. The van der Waals surface area contributed by atoms with Gasteiger partial charge in [-0.1, -0.05) is 6.42 Å². The predicted molar refractivity (Wildman–Crippen MR) is 56.8 cm³/mol. The quantitative estimate of drug-likeness (QED) is 0.469. The summed E-state index contributed by atoms with van der Waals surface area (Å²) in [6, 6.07) is 2.23. The summed E-state index contributed by atoms with van der Waals surface area (Å²) in [6.45, 7) is 3.90. The van der Waals surface area contributed by atoms with E-state index in [0.29, 0.717) is 0 Å². The summed E-state index contributed by atoms with van der Waals surface area (Å²) in [4.78, 5) is 2.21. The van der Waals surface area contributed by atoms with Crippen LogP contribution in [0.25, 0.3) is 0 Å². The van der Waals surface area contributed by atoms with Crippen LogP contribution in [-0.2, 0) is 0 Å². The molecular weight excluding hydrogens is 184 g/mol. The number of halogens is 1. The molecule has 0 fully saturated rings. The molecule has 0 aliphatic carbocycles. The van der Waals surface area contributed by atoms with Gasteiger partial charge in [-0.05, 0) is 33.4 Å². The zero-order chi connectivity index (χ0) is 10.1. The van der Waals surface area contributed by atoms with Gasteiger partial charge in [0.1, 0.15) is 0 Å². The van der Waals surface area contributed by atoms with E-state index >= 15 is 0 Å². The molecular formula is C10H19ClN2. The van der Waals surface area contributed by atoms with Gasteiger partial charge in [0.05, 0.1) is 12.0 Å². The Morgan fingerprint density at radius 2 is 2.08 bits per heavy atom. The van der Waals surface area contributed by atoms with E-state index in [-0.39, 0.29) is 5.92 Å². The summed E-state index contributed by atoms with van der Waals surface area (Å²) in [7, 11) is 2.06. The number of nitriles is 1. The van der Waals surface area contributed by atoms with Crippen molar-refractivity contribution in [2.24, 2.45) is 5.92 Å². The van der Waals surface area contributed by atoms with Crippen molar-refractivity contribution in [1.29, 1.82) is 5.26 Å². The van der Waals surface area contributed by atoms with Crippen LogP contribution in [0.15, 0.2) is 0 Å². The molecule has 2 nitrogen and oxygen atoms in total. The van der Waals surface area contributed by atoms with Crippen LogP contribution in [0.5, 0.6) is 0 Å². The van der Waals surface area contributed by atoms with Gasteiger partial charge in [0.15, 0.2) is 0 Å². The van der Waals surface area contributed by atoms with Gasteiger partial charge in [-0.15, -0.1) is 11.6 Å². The summed E-state index contributed by atoms with van der Waals surface area (Å²) in [5.41, 5.74) is 0. The predicted octanol–water partition coefficient (Wildman–Crippen LogP) is 2.49. The lowest BCUT2D eigenvalue weighted by atomic mass is 10.2. The van der Waals surface area contributed by atoms with Crippen molar-refractivity contribution < 1.29 is 0 Å². The molecule has 0 rings (SSSR count). The molecule has 0 saturated carbocycles. The van der Waals surface area contributed by atoms with E-state index in [2.05, 4.69) is 18.0 Å². The molecule has 0 aliphatic heterocycles. The lowest BCUT2D eigenvalue weighted by Crippen LogP contribution is -2.24. The first kappa shape index (κ1) is 12.7. The maximum atomic E-state index is 8.60. The van der Waals surface area contributed by atoms with Crippen molar-refractivity contribution in [2.45, 2.75) is 26.2 Å². The average Bonchev–Trinajstić information content (AvgIpc) is 2.12. The van der Waals surface area contributed by atoms with Crippen LogP contribution in [0.2, 0.25) is 0 Å². The van der Waals surface area contributed by atoms with Crippen molar-refractivity contribution >= 4 is 11.6 Å². The minimum Gasteiger partial charge on any atom is -0.305 e. The van der Waals surface area contributed by atoms with Crippen molar-refractivity contribution in [1.82, 2.24) is 4.90 Å². The Morgan fingerprint density at radius 3 is 2.62 bits per heavy atom. The normalized spacial score (nSPS) is 12.8. The Labute approximate surface area is 86.5 Å². The molecule has 13 heavy (non-hydrogen) atoms. The standard InChI is InChI=1S/C10H19ClN2/c1-10(8-12)9-13(2)7-5-3-4-6-11/h10H,3-7,9H2,1-2H3. The largest absolute Gasteiger partial charge is 0.305 e. The molecule has 1 atom stereocenters. The second-order valence-corrected chi connectivity index (χ2v) is 3.92. The average molecular weight is 203 g/mol. The van der Waals surface area contributed by atoms with Crippen LogP contribution in [0, 0.1) is 17.2 Å². The van der Waals surface area contributed by atoms with Crippen LogP contribution < -0.4 is 0 Å². The summed E-state index contributed by atoms with van der Waals surface area (Å²) in [5.74, 6) is 0.899. The number of unbranched alkanes of at least 4 members (excludes halogenated alkanes) is 2. The van der Waals surface area contributed by atoms with E-state index in [0.717, 1.165) is 25.4 Å². The molecule has 0 aliphatic rings. The molecule has 0 bridgehead atoms. The van der Waals surface area contributed by atoms with Crippen LogP contribution in [0.4, 0.5) is 0 Å². The summed E-state index contributed by atoms with van der Waals surface area (Å²) >= 11 is 5.57. The highest BCUT2D eigenvalue weighted by Gasteiger charge is 2.03. The lowest BCUT2D eigenvalue weighted by Gasteiger charge is -2.17. The van der Waals surface area contributed by atoms with Crippen molar-refractivity contribution in [3.8, 4) is 6.07 Å². The maximum Gasteiger partial charge on any atom is 0.0666 e. The highest BCUT2D eigenvalue weighted by molar-refractivity contribution is 6.17. The topological polar surface area (TPSA) is 27.0 Å². The van der Waals surface area contributed by atoms with E-state index < -0.39 is 0 Å². The molecule has 1 unspecified atom stereocenters. The number of hydrogen-bond donors (Lipinski definition) is 0. The van der Waals surface area contributed by atoms with Gasteiger partial charge in [-0.2, -0.15) is 5.26 Å². The third-order valence-electron chi connectivity index (χ3n) is 1.98. The van der Waals surface area contributed by atoms with E-state index in [1.807, 2.05) is 6.92 Å². The molecule has 0 amide bonds. The van der Waals surface area contributed by atoms with Crippen LogP contribution >= 0.6 is 11.6 Å². The maximum absolute atomic E-state index is 8.60. The lowest BCUT2D eigenvalue weighted by molar-refractivity contribution is 0.303. The fourth-order valence-corrected chi connectivity index (χ4v) is 1.44. The van der Waals surface area contributed by atoms with Crippen molar-refractivity contribution in [3.05, 3.63) is 0 Å². The number of hydrogen-bond acceptors (Lipinski definition) is 2. The van der Waals surface area contributed by atoms with E-state index in [1.165, 1.54) is 12.8 Å². The fourth-order valence-electron chi connectivity index (χ4n) is 1.25. The van der Waals surface area contributed by atoms with Crippen LogP contribution in [-0.4, -0.2) is 30.9 Å². The third-order valence-corrected chi connectivity index (χ3v) is 2.25. The number of nitrogens with zero attached hydrogens (tertiary/aromatic N) is 2. The van der Waals surface area contributed by atoms with E-state index in [9.17, 15) is 0 Å². The molecule has 76 valence electrons. The molecule has 0 aromatic heterocycles. The second kappa shape index (κ2) is 8.34. The minimum absolute atomic E-state index is 0.137. The Hall–Kier alpha value is -0.260. The minimum atomic E-state index is 0.137. The van der Waals surface area contributed by atoms with Gasteiger partial charge in [0.2, 0.25) is 0 Å². The monoisotopic (exact) mass is 202 g/mol. The first-order valence-corrected chi connectivity index (χ1v) is 5.38. The van der Waals surface area contributed by atoms with Crippen molar-refractivity contribution in [2.75, 3.05) is 26.0 Å². The molecule has 0 aromatic rings. The van der Waals surface area contributed by atoms with Gasteiger partial charge >= 0.3 is 0 Å². The Kier molecular flexibility index (Phi) is 8.18. The highest BCUT2D eigenvalue weighted by Crippen LogP contribution is 2.01. The highest BCUT2D eigenvalue weighted by atomic mass is 35.5. The second-order valence-electron chi connectivity index (χ2n) is 3.54. The number of alkyl halides is 1. The molecule has 0 aromatic carbocycles. The first-order valence-electron chi connectivity index (χ1n) is 4.84. The molecule has 0 heterocycles. The molecule has 0 spiro atoms. The molecule has 3 heteroatoms. The molecule has 0 saturated heterocycles. The van der Waals surface area contributed by atoms with Gasteiger partial charge in [-0.25, -0.2) is 0 Å². The first-order chi connectivity index (χ1) is 6.20. The van der Waals surface area contributed by atoms with Crippen molar-refractivity contribution in [3.63, 3.8) is 0 Å². The smallest absolute Gasteiger partial charge is 0.0666 e. The third kappa shape index (κ3) is 8.08. The fraction of sp³-hybridized carbons (Fsp3) is 0.900. The van der Waals surface area contributed by atoms with E-state index in [4.69, 9.17) is 16.9 Å². The van der Waals surface area contributed by atoms with Crippen LogP contribution in [0.3, 0.4) is 0 Å². The Morgan fingerprint density at radius 1 is 1.38 bits per heavy atom. The van der Waals surface area contributed by atoms with Gasteiger partial charge in [-0.3, -0.25) is 0 Å². The molecule has 0 N–H and O–H groups in total. The summed E-state index contributed by atoms with van der Waals surface area (Å²) < 4.78 is 0. The van der Waals surface area contributed by atoms with E-state index in [1.54, 1.807) is 0 Å². The van der Waals surface area contributed by atoms with Gasteiger partial charge < -0.3 is 4.90 Å². The van der Waals surface area contributed by atoms with Gasteiger partial charge in [0, 0.05) is 12.4 Å². The zero-order valence-corrected chi connectivity index (χ0v) is 9.35. The van der Waals surface area contributed by atoms with Gasteiger partial charge in [0.25, 0.3) is 0 Å². The molecule has 0 radical (unpaired) electrons. The van der Waals surface area contributed by atoms with Crippen LogP contribution in [0.1, 0.15) is 26.2 Å².